The van der Waals surface area contributed by atoms with Crippen LogP contribution in [0.4, 0.5) is 0 Å². The summed E-state index contributed by atoms with van der Waals surface area (Å²) in [5, 5.41) is 5.98. The minimum absolute atomic E-state index is 0.0443. The Labute approximate surface area is 84.2 Å². The zero-order valence-corrected chi connectivity index (χ0v) is 8.52. The van der Waals surface area contributed by atoms with Gasteiger partial charge in [0.2, 0.25) is 0 Å². The van der Waals surface area contributed by atoms with Gasteiger partial charge in [0.15, 0.2) is 0 Å². The third-order valence-corrected chi connectivity index (χ3v) is 2.47. The van der Waals surface area contributed by atoms with Gasteiger partial charge in [0.1, 0.15) is 5.69 Å². The predicted molar refractivity (Wildman–Crippen MR) is 52.6 cm³/mol. The molecule has 1 aromatic heterocycles. The Morgan fingerprint density at radius 1 is 1.62 bits per heavy atom. The van der Waals surface area contributed by atoms with E-state index in [0.717, 1.165) is 17.6 Å². The summed E-state index contributed by atoms with van der Waals surface area (Å²) < 4.78 is 0.893. The number of rotatable bonds is 2. The molecule has 0 atom stereocenters. The summed E-state index contributed by atoms with van der Waals surface area (Å²) >= 11 is 3.27. The first-order valence-electron chi connectivity index (χ1n) is 4.11. The fourth-order valence-corrected chi connectivity index (χ4v) is 1.50. The standard InChI is InChI=1S/C8H10BrN3O/c9-5-1-7(11-2-5)8(13)12-6-3-10-4-6/h1-2,6,10-11H,3-4H2,(H,12,13). The van der Waals surface area contributed by atoms with Crippen molar-refractivity contribution in [3.8, 4) is 0 Å². The van der Waals surface area contributed by atoms with Gasteiger partial charge in [-0.2, -0.15) is 0 Å². The molecule has 1 fully saturated rings. The van der Waals surface area contributed by atoms with Gasteiger partial charge >= 0.3 is 0 Å². The van der Waals surface area contributed by atoms with E-state index in [9.17, 15) is 4.79 Å². The summed E-state index contributed by atoms with van der Waals surface area (Å²) in [6.07, 6.45) is 1.74. The van der Waals surface area contributed by atoms with Gasteiger partial charge in [0.05, 0.1) is 6.04 Å². The zero-order chi connectivity index (χ0) is 9.26. The summed E-state index contributed by atoms with van der Waals surface area (Å²) in [5.74, 6) is -0.0443. The molecule has 0 unspecified atom stereocenters. The fraction of sp³-hybridized carbons (Fsp3) is 0.375. The number of hydrogen-bond donors (Lipinski definition) is 3. The van der Waals surface area contributed by atoms with E-state index in [1.807, 2.05) is 0 Å². The lowest BCUT2D eigenvalue weighted by Crippen LogP contribution is -2.56. The van der Waals surface area contributed by atoms with E-state index in [1.54, 1.807) is 12.3 Å². The molecule has 2 heterocycles. The fourth-order valence-electron chi connectivity index (χ4n) is 1.15. The van der Waals surface area contributed by atoms with Crippen LogP contribution in [0.3, 0.4) is 0 Å². The van der Waals surface area contributed by atoms with Crippen LogP contribution in [0.5, 0.6) is 0 Å². The number of carbonyl (C=O) groups excluding carboxylic acids is 1. The first kappa shape index (κ1) is 8.77. The van der Waals surface area contributed by atoms with E-state index in [1.165, 1.54) is 0 Å². The molecule has 1 aliphatic rings. The number of aromatic amines is 1. The number of aromatic nitrogens is 1. The summed E-state index contributed by atoms with van der Waals surface area (Å²) in [4.78, 5) is 14.3. The number of amides is 1. The SMILES string of the molecule is O=C(NC1CNC1)c1cc(Br)c[nH]1. The van der Waals surface area contributed by atoms with E-state index in [4.69, 9.17) is 0 Å². The molecule has 1 aromatic rings. The Bertz CT molecular complexity index is 319. The van der Waals surface area contributed by atoms with Crippen LogP contribution in [0.2, 0.25) is 0 Å². The Hall–Kier alpha value is -0.810. The average molecular weight is 244 g/mol. The third-order valence-electron chi connectivity index (χ3n) is 2.01. The largest absolute Gasteiger partial charge is 0.356 e. The molecule has 0 bridgehead atoms. The van der Waals surface area contributed by atoms with Crippen molar-refractivity contribution in [3.63, 3.8) is 0 Å². The molecule has 0 aromatic carbocycles. The molecule has 2 rings (SSSR count). The van der Waals surface area contributed by atoms with E-state index in [0.29, 0.717) is 5.69 Å². The van der Waals surface area contributed by atoms with Crippen molar-refractivity contribution >= 4 is 21.8 Å². The van der Waals surface area contributed by atoms with Crippen LogP contribution in [-0.4, -0.2) is 30.0 Å². The summed E-state index contributed by atoms with van der Waals surface area (Å²) in [6.45, 7) is 1.74. The van der Waals surface area contributed by atoms with E-state index < -0.39 is 0 Å². The number of halogens is 1. The lowest BCUT2D eigenvalue weighted by molar-refractivity contribution is 0.0919. The van der Waals surface area contributed by atoms with Gasteiger partial charge in [-0.25, -0.2) is 0 Å². The third kappa shape index (κ3) is 1.92. The van der Waals surface area contributed by atoms with Crippen molar-refractivity contribution in [3.05, 3.63) is 22.4 Å². The van der Waals surface area contributed by atoms with E-state index >= 15 is 0 Å². The smallest absolute Gasteiger partial charge is 0.268 e. The van der Waals surface area contributed by atoms with Crippen molar-refractivity contribution in [2.75, 3.05) is 13.1 Å². The molecular formula is C8H10BrN3O. The molecule has 0 radical (unpaired) electrons. The summed E-state index contributed by atoms with van der Waals surface area (Å²) in [6, 6.07) is 2.05. The molecule has 3 N–H and O–H groups in total. The number of hydrogen-bond acceptors (Lipinski definition) is 2. The predicted octanol–water partition coefficient (Wildman–Crippen LogP) is 0.479. The minimum atomic E-state index is -0.0443. The van der Waals surface area contributed by atoms with Crippen LogP contribution in [-0.2, 0) is 0 Å². The van der Waals surface area contributed by atoms with Gasteiger partial charge in [-0.15, -0.1) is 0 Å². The lowest BCUT2D eigenvalue weighted by atomic mass is 10.2. The molecule has 5 heteroatoms. The van der Waals surface area contributed by atoms with Gasteiger partial charge in [0.25, 0.3) is 5.91 Å². The van der Waals surface area contributed by atoms with Crippen molar-refractivity contribution in [2.24, 2.45) is 0 Å². The molecule has 13 heavy (non-hydrogen) atoms. The maximum Gasteiger partial charge on any atom is 0.268 e. The maximum atomic E-state index is 11.5. The van der Waals surface area contributed by atoms with Crippen molar-refractivity contribution in [2.45, 2.75) is 6.04 Å². The minimum Gasteiger partial charge on any atom is -0.356 e. The van der Waals surface area contributed by atoms with E-state index in [-0.39, 0.29) is 11.9 Å². The van der Waals surface area contributed by atoms with Crippen LogP contribution in [0.15, 0.2) is 16.7 Å². The van der Waals surface area contributed by atoms with Crippen molar-refractivity contribution < 1.29 is 4.79 Å². The van der Waals surface area contributed by atoms with Gasteiger partial charge in [-0.05, 0) is 22.0 Å². The Morgan fingerprint density at radius 2 is 2.38 bits per heavy atom. The molecule has 1 aliphatic heterocycles. The second-order valence-electron chi connectivity index (χ2n) is 3.06. The second-order valence-corrected chi connectivity index (χ2v) is 3.98. The van der Waals surface area contributed by atoms with Gasteiger partial charge in [0, 0.05) is 23.8 Å². The second kappa shape index (κ2) is 3.51. The number of H-pyrrole nitrogens is 1. The number of carbonyl (C=O) groups is 1. The topological polar surface area (TPSA) is 56.9 Å². The van der Waals surface area contributed by atoms with Crippen LogP contribution in [0.1, 0.15) is 10.5 Å². The molecule has 1 amide bonds. The Morgan fingerprint density at radius 3 is 2.85 bits per heavy atom. The highest BCUT2D eigenvalue weighted by molar-refractivity contribution is 9.10. The number of nitrogens with one attached hydrogen (secondary N) is 3. The molecule has 1 saturated heterocycles. The Kier molecular flexibility index (Phi) is 2.37. The molecule has 0 spiro atoms. The molecular weight excluding hydrogens is 234 g/mol. The zero-order valence-electron chi connectivity index (χ0n) is 6.93. The maximum absolute atomic E-state index is 11.5. The highest BCUT2D eigenvalue weighted by Gasteiger charge is 2.19. The van der Waals surface area contributed by atoms with Crippen molar-refractivity contribution in [1.29, 1.82) is 0 Å². The molecule has 0 saturated carbocycles. The summed E-state index contributed by atoms with van der Waals surface area (Å²) in [7, 11) is 0. The monoisotopic (exact) mass is 243 g/mol. The van der Waals surface area contributed by atoms with Crippen LogP contribution in [0, 0.1) is 0 Å². The highest BCUT2D eigenvalue weighted by atomic mass is 79.9. The normalized spacial score (nSPS) is 16.7. The van der Waals surface area contributed by atoms with Crippen LogP contribution < -0.4 is 10.6 Å². The van der Waals surface area contributed by atoms with Crippen LogP contribution in [0.25, 0.3) is 0 Å². The van der Waals surface area contributed by atoms with Gasteiger partial charge in [-0.3, -0.25) is 4.79 Å². The van der Waals surface area contributed by atoms with E-state index in [2.05, 4.69) is 31.5 Å². The first-order valence-corrected chi connectivity index (χ1v) is 4.90. The van der Waals surface area contributed by atoms with Crippen molar-refractivity contribution in [1.82, 2.24) is 15.6 Å². The average Bonchev–Trinajstić information content (AvgIpc) is 2.44. The van der Waals surface area contributed by atoms with Gasteiger partial charge in [-0.1, -0.05) is 0 Å². The Balaban J connectivity index is 1.96. The first-order chi connectivity index (χ1) is 6.25. The molecule has 70 valence electrons. The summed E-state index contributed by atoms with van der Waals surface area (Å²) in [5.41, 5.74) is 0.596. The van der Waals surface area contributed by atoms with Crippen LogP contribution >= 0.6 is 15.9 Å². The molecule has 4 nitrogen and oxygen atoms in total. The quantitative estimate of drug-likeness (QED) is 0.708. The molecule has 0 aliphatic carbocycles. The highest BCUT2D eigenvalue weighted by Crippen LogP contribution is 2.10. The lowest BCUT2D eigenvalue weighted by Gasteiger charge is -2.27. The van der Waals surface area contributed by atoms with Gasteiger partial charge < -0.3 is 15.6 Å².